The van der Waals surface area contributed by atoms with Crippen molar-refractivity contribution in [1.29, 1.82) is 5.26 Å². The van der Waals surface area contributed by atoms with Crippen LogP contribution in [0.15, 0.2) is 18.2 Å². The second-order valence-corrected chi connectivity index (χ2v) is 4.72. The van der Waals surface area contributed by atoms with Gasteiger partial charge in [-0.3, -0.25) is 9.59 Å². The van der Waals surface area contributed by atoms with E-state index < -0.39 is 0 Å². The van der Waals surface area contributed by atoms with Crippen molar-refractivity contribution in [3.8, 4) is 6.07 Å². The van der Waals surface area contributed by atoms with Gasteiger partial charge in [0, 0.05) is 12.8 Å². The molecule has 1 aliphatic heterocycles. The van der Waals surface area contributed by atoms with E-state index in [-0.39, 0.29) is 17.7 Å². The molecule has 0 aliphatic carbocycles. The van der Waals surface area contributed by atoms with Crippen LogP contribution in [0, 0.1) is 24.2 Å². The van der Waals surface area contributed by atoms with Gasteiger partial charge in [-0.2, -0.15) is 5.26 Å². The molecule has 18 heavy (non-hydrogen) atoms. The minimum absolute atomic E-state index is 0.0802. The van der Waals surface area contributed by atoms with E-state index in [0.717, 1.165) is 10.5 Å². The molecule has 0 saturated carbocycles. The largest absolute Gasteiger partial charge is 0.274 e. The van der Waals surface area contributed by atoms with Crippen LogP contribution in [0.2, 0.25) is 0 Å². The van der Waals surface area contributed by atoms with Crippen LogP contribution in [0.1, 0.15) is 30.9 Å². The average Bonchev–Trinajstić information content (AvgIpc) is 2.27. The predicted molar refractivity (Wildman–Crippen MR) is 66.8 cm³/mol. The number of carbonyl (C=O) groups excluding carboxylic acids is 2. The molecule has 1 heterocycles. The number of imide groups is 1. The van der Waals surface area contributed by atoms with E-state index in [0.29, 0.717) is 24.1 Å². The number of benzene rings is 1. The molecule has 1 aliphatic rings. The van der Waals surface area contributed by atoms with Crippen molar-refractivity contribution >= 4 is 17.5 Å². The minimum atomic E-state index is -0.221. The highest BCUT2D eigenvalue weighted by Crippen LogP contribution is 2.29. The van der Waals surface area contributed by atoms with Crippen LogP contribution < -0.4 is 4.90 Å². The van der Waals surface area contributed by atoms with Crippen molar-refractivity contribution in [2.45, 2.75) is 26.7 Å². The summed E-state index contributed by atoms with van der Waals surface area (Å²) in [6, 6.07) is 7.27. The Balaban J connectivity index is 2.49. The zero-order chi connectivity index (χ0) is 13.3. The molecule has 2 rings (SSSR count). The number of aryl methyl sites for hydroxylation is 1. The van der Waals surface area contributed by atoms with Gasteiger partial charge in [-0.05, 0) is 24.5 Å². The van der Waals surface area contributed by atoms with Crippen molar-refractivity contribution < 1.29 is 9.59 Å². The summed E-state index contributed by atoms with van der Waals surface area (Å²) in [4.78, 5) is 25.1. The Hall–Kier alpha value is -2.15. The topological polar surface area (TPSA) is 61.2 Å². The number of carbonyl (C=O) groups is 2. The molecule has 0 N–H and O–H groups in total. The van der Waals surface area contributed by atoms with Crippen LogP contribution in [0.25, 0.3) is 0 Å². The second-order valence-electron chi connectivity index (χ2n) is 4.72. The molecular formula is C14H14N2O2. The lowest BCUT2D eigenvalue weighted by molar-refractivity contribution is -0.130. The molecule has 1 saturated heterocycles. The van der Waals surface area contributed by atoms with Gasteiger partial charge in [0.15, 0.2) is 0 Å². The Morgan fingerprint density at radius 3 is 2.44 bits per heavy atom. The quantitative estimate of drug-likeness (QED) is 0.709. The van der Waals surface area contributed by atoms with Gasteiger partial charge in [0.05, 0.1) is 11.3 Å². The Morgan fingerprint density at radius 2 is 1.89 bits per heavy atom. The summed E-state index contributed by atoms with van der Waals surface area (Å²) < 4.78 is 0. The van der Waals surface area contributed by atoms with Crippen molar-refractivity contribution in [2.24, 2.45) is 5.92 Å². The average molecular weight is 242 g/mol. The van der Waals surface area contributed by atoms with E-state index in [1.54, 1.807) is 25.1 Å². The Bertz CT molecular complexity index is 539. The van der Waals surface area contributed by atoms with Crippen molar-refractivity contribution in [1.82, 2.24) is 0 Å². The summed E-state index contributed by atoms with van der Waals surface area (Å²) in [6.07, 6.45) is 0.703. The molecule has 1 aromatic carbocycles. The molecular weight excluding hydrogens is 228 g/mol. The first-order valence-corrected chi connectivity index (χ1v) is 5.90. The van der Waals surface area contributed by atoms with Gasteiger partial charge in [-0.1, -0.05) is 19.1 Å². The van der Waals surface area contributed by atoms with E-state index in [9.17, 15) is 9.59 Å². The monoisotopic (exact) mass is 242 g/mol. The highest BCUT2D eigenvalue weighted by molar-refractivity contribution is 6.17. The van der Waals surface area contributed by atoms with E-state index in [2.05, 4.69) is 6.07 Å². The van der Waals surface area contributed by atoms with Gasteiger partial charge in [-0.15, -0.1) is 0 Å². The van der Waals surface area contributed by atoms with Crippen LogP contribution in [-0.2, 0) is 9.59 Å². The number of hydrogen-bond donors (Lipinski definition) is 0. The molecule has 0 atom stereocenters. The summed E-state index contributed by atoms with van der Waals surface area (Å²) >= 11 is 0. The fraction of sp³-hybridized carbons (Fsp3) is 0.357. The molecule has 2 amide bonds. The Kier molecular flexibility index (Phi) is 3.15. The molecule has 4 nitrogen and oxygen atoms in total. The van der Waals surface area contributed by atoms with Gasteiger partial charge in [0.25, 0.3) is 0 Å². The summed E-state index contributed by atoms with van der Waals surface area (Å²) in [5.74, 6) is -0.363. The first kappa shape index (κ1) is 12.3. The molecule has 0 radical (unpaired) electrons. The highest BCUT2D eigenvalue weighted by Gasteiger charge is 2.32. The molecule has 0 bridgehead atoms. The van der Waals surface area contributed by atoms with E-state index in [1.165, 1.54) is 0 Å². The second kappa shape index (κ2) is 4.61. The van der Waals surface area contributed by atoms with Gasteiger partial charge < -0.3 is 0 Å². The lowest BCUT2D eigenvalue weighted by atomic mass is 9.96. The Labute approximate surface area is 106 Å². The normalized spacial score (nSPS) is 16.8. The zero-order valence-electron chi connectivity index (χ0n) is 10.4. The molecule has 0 aromatic heterocycles. The maximum atomic E-state index is 12.0. The van der Waals surface area contributed by atoms with Gasteiger partial charge in [0.2, 0.25) is 11.8 Å². The van der Waals surface area contributed by atoms with Crippen LogP contribution in [-0.4, -0.2) is 11.8 Å². The van der Waals surface area contributed by atoms with Crippen LogP contribution in [0.4, 0.5) is 5.69 Å². The lowest BCUT2D eigenvalue weighted by Crippen LogP contribution is -2.43. The number of nitrogens with zero attached hydrogens (tertiary/aromatic N) is 2. The van der Waals surface area contributed by atoms with Gasteiger partial charge in [-0.25, -0.2) is 4.90 Å². The fourth-order valence-corrected chi connectivity index (χ4v) is 2.24. The summed E-state index contributed by atoms with van der Waals surface area (Å²) in [6.45, 7) is 3.68. The molecule has 1 fully saturated rings. The maximum Gasteiger partial charge on any atom is 0.234 e. The third-order valence-corrected chi connectivity index (χ3v) is 3.15. The van der Waals surface area contributed by atoms with E-state index in [4.69, 9.17) is 5.26 Å². The minimum Gasteiger partial charge on any atom is -0.274 e. The first-order chi connectivity index (χ1) is 8.54. The zero-order valence-corrected chi connectivity index (χ0v) is 10.4. The van der Waals surface area contributed by atoms with Crippen molar-refractivity contribution in [3.63, 3.8) is 0 Å². The van der Waals surface area contributed by atoms with E-state index >= 15 is 0 Å². The van der Waals surface area contributed by atoms with Gasteiger partial charge in [0.1, 0.15) is 6.07 Å². The number of amides is 2. The molecule has 92 valence electrons. The van der Waals surface area contributed by atoms with Crippen molar-refractivity contribution in [3.05, 3.63) is 29.3 Å². The van der Waals surface area contributed by atoms with E-state index in [1.807, 2.05) is 6.92 Å². The SMILES string of the molecule is Cc1cccc(N2C(=O)CC(C)CC2=O)c1C#N. The first-order valence-electron chi connectivity index (χ1n) is 5.90. The third-order valence-electron chi connectivity index (χ3n) is 3.15. The standard InChI is InChI=1S/C14H14N2O2/c1-9-6-13(17)16(14(18)7-9)12-5-3-4-10(2)11(12)8-15/h3-5,9H,6-7H2,1-2H3. The molecule has 4 heteroatoms. The lowest BCUT2D eigenvalue weighted by Gasteiger charge is -2.29. The van der Waals surface area contributed by atoms with Crippen LogP contribution >= 0.6 is 0 Å². The third kappa shape index (κ3) is 2.00. The fourth-order valence-electron chi connectivity index (χ4n) is 2.24. The summed E-state index contributed by atoms with van der Waals surface area (Å²) in [5, 5.41) is 9.16. The van der Waals surface area contributed by atoms with Crippen LogP contribution in [0.3, 0.4) is 0 Å². The number of hydrogen-bond acceptors (Lipinski definition) is 3. The van der Waals surface area contributed by atoms with Crippen LogP contribution in [0.5, 0.6) is 0 Å². The molecule has 0 unspecified atom stereocenters. The molecule has 0 spiro atoms. The van der Waals surface area contributed by atoms with Gasteiger partial charge >= 0.3 is 0 Å². The summed E-state index contributed by atoms with van der Waals surface area (Å²) in [7, 11) is 0. The highest BCUT2D eigenvalue weighted by atomic mass is 16.2. The maximum absolute atomic E-state index is 12.0. The number of rotatable bonds is 1. The number of nitriles is 1. The smallest absolute Gasteiger partial charge is 0.234 e. The Morgan fingerprint density at radius 1 is 1.28 bits per heavy atom. The predicted octanol–water partition coefficient (Wildman–Crippen LogP) is 2.16. The molecule has 1 aromatic rings. The van der Waals surface area contributed by atoms with Crippen molar-refractivity contribution in [2.75, 3.05) is 4.90 Å². The number of piperidine rings is 1. The summed E-state index contributed by atoms with van der Waals surface area (Å²) in [5.41, 5.74) is 1.59. The number of anilines is 1.